The van der Waals surface area contributed by atoms with Crippen LogP contribution in [0.15, 0.2) is 58.3 Å². The Morgan fingerprint density at radius 3 is 2.46 bits per heavy atom. The van der Waals surface area contributed by atoms with Crippen molar-refractivity contribution in [3.8, 4) is 28.8 Å². The first-order valence-electron chi connectivity index (χ1n) is 11.0. The Kier molecular flexibility index (Phi) is 7.64. The van der Waals surface area contributed by atoms with E-state index in [9.17, 15) is 14.4 Å². The second-order valence-electron chi connectivity index (χ2n) is 8.33. The minimum atomic E-state index is -0.841. The smallest absolute Gasteiger partial charge is 0.351 e. The first-order chi connectivity index (χ1) is 17.6. The van der Waals surface area contributed by atoms with E-state index in [1.165, 1.54) is 23.5 Å². The van der Waals surface area contributed by atoms with E-state index in [2.05, 4.69) is 21.9 Å². The molecule has 0 aliphatic carbocycles. The molecule has 1 N–H and O–H groups in total. The quantitative estimate of drug-likeness (QED) is 0.269. The number of esters is 1. The molecule has 11 heteroatoms. The topological polar surface area (TPSA) is 107 Å². The number of hydrogen-bond acceptors (Lipinski definition) is 7. The van der Waals surface area contributed by atoms with Crippen LogP contribution in [0.4, 0.5) is 0 Å². The molecule has 8 nitrogen and oxygen atoms in total. The van der Waals surface area contributed by atoms with Crippen molar-refractivity contribution in [2.24, 2.45) is 0 Å². The molecule has 0 spiro atoms. The summed E-state index contributed by atoms with van der Waals surface area (Å²) in [4.78, 5) is 43.8. The minimum absolute atomic E-state index is 0.0303. The third-order valence-corrected chi connectivity index (χ3v) is 7.41. The normalized spacial score (nSPS) is 11.1. The molecule has 0 saturated heterocycles. The number of aromatic amines is 1. The van der Waals surface area contributed by atoms with Gasteiger partial charge in [-0.05, 0) is 32.9 Å². The van der Waals surface area contributed by atoms with Crippen LogP contribution >= 0.6 is 34.5 Å². The molecule has 0 radical (unpaired) electrons. The number of ether oxygens (including phenoxy) is 1. The molecule has 4 rings (SSSR count). The number of H-pyrrole nitrogens is 1. The first kappa shape index (κ1) is 26.4. The molecule has 0 aliphatic rings. The molecule has 0 fully saturated rings. The lowest BCUT2D eigenvalue weighted by Crippen LogP contribution is -2.30. The van der Waals surface area contributed by atoms with Gasteiger partial charge in [0.05, 0.1) is 11.4 Å². The van der Waals surface area contributed by atoms with E-state index in [0.717, 1.165) is 16.4 Å². The van der Waals surface area contributed by atoms with Gasteiger partial charge in [0.15, 0.2) is 6.61 Å². The molecule has 0 amide bonds. The van der Waals surface area contributed by atoms with Crippen LogP contribution in [0.3, 0.4) is 0 Å². The van der Waals surface area contributed by atoms with Gasteiger partial charge in [0.25, 0.3) is 5.56 Å². The summed E-state index contributed by atoms with van der Waals surface area (Å²) in [6.07, 6.45) is 0.981. The third kappa shape index (κ3) is 5.37. The van der Waals surface area contributed by atoms with Crippen LogP contribution in [0.2, 0.25) is 10.0 Å². The third-order valence-electron chi connectivity index (χ3n) is 5.46. The van der Waals surface area contributed by atoms with Gasteiger partial charge in [-0.25, -0.2) is 14.6 Å². The second-order valence-corrected chi connectivity index (χ2v) is 10.1. The van der Waals surface area contributed by atoms with Crippen molar-refractivity contribution >= 4 is 40.5 Å². The molecule has 2 aromatic heterocycles. The highest BCUT2D eigenvalue weighted by Crippen LogP contribution is 2.44. The van der Waals surface area contributed by atoms with Crippen LogP contribution in [0.25, 0.3) is 16.9 Å². The number of thiazole rings is 1. The van der Waals surface area contributed by atoms with Crippen LogP contribution in [-0.4, -0.2) is 32.3 Å². The van der Waals surface area contributed by atoms with Crippen molar-refractivity contribution in [3.05, 3.63) is 95.0 Å². The Morgan fingerprint density at radius 2 is 1.84 bits per heavy atom. The van der Waals surface area contributed by atoms with Crippen molar-refractivity contribution in [3.63, 3.8) is 0 Å². The predicted molar refractivity (Wildman–Crippen MR) is 144 cm³/mol. The summed E-state index contributed by atoms with van der Waals surface area (Å²) in [5, 5.41) is 4.94. The van der Waals surface area contributed by atoms with E-state index < -0.39 is 22.6 Å². The van der Waals surface area contributed by atoms with Crippen LogP contribution in [0.1, 0.15) is 41.0 Å². The highest BCUT2D eigenvalue weighted by Gasteiger charge is 2.34. The predicted octanol–water partition coefficient (Wildman–Crippen LogP) is 4.86. The zero-order chi connectivity index (χ0) is 26.7. The summed E-state index contributed by atoms with van der Waals surface area (Å²) in [6, 6.07) is 12.4. The fourth-order valence-electron chi connectivity index (χ4n) is 3.68. The van der Waals surface area contributed by atoms with Gasteiger partial charge in [-0.3, -0.25) is 9.78 Å². The number of nitrogens with one attached hydrogen (secondary N) is 1. The number of rotatable bonds is 6. The van der Waals surface area contributed by atoms with Crippen molar-refractivity contribution in [1.82, 2.24) is 19.7 Å². The summed E-state index contributed by atoms with van der Waals surface area (Å²) in [5.74, 6) is 4.88. The van der Waals surface area contributed by atoms with Crippen molar-refractivity contribution < 1.29 is 9.53 Å². The summed E-state index contributed by atoms with van der Waals surface area (Å²) >= 11 is 14.6. The number of benzene rings is 2. The molecule has 2 aromatic carbocycles. The summed E-state index contributed by atoms with van der Waals surface area (Å²) in [6.45, 7) is 5.40. The van der Waals surface area contributed by atoms with Gasteiger partial charge in [0, 0.05) is 26.6 Å². The molecule has 0 aliphatic heterocycles. The van der Waals surface area contributed by atoms with Gasteiger partial charge in [-0.2, -0.15) is 9.78 Å². The van der Waals surface area contributed by atoms with Gasteiger partial charge in [-0.15, -0.1) is 17.3 Å². The van der Waals surface area contributed by atoms with Crippen LogP contribution in [0.5, 0.6) is 0 Å². The van der Waals surface area contributed by atoms with Crippen LogP contribution in [-0.2, 0) is 10.2 Å². The maximum absolute atomic E-state index is 12.9. The number of carbonyl (C=O) groups excluding carboxylic acids is 1. The average Bonchev–Trinajstić information content (AvgIpc) is 3.31. The van der Waals surface area contributed by atoms with Crippen LogP contribution < -0.4 is 11.2 Å². The molecule has 37 heavy (non-hydrogen) atoms. The summed E-state index contributed by atoms with van der Waals surface area (Å²) < 4.78 is 6.32. The lowest BCUT2D eigenvalue weighted by Gasteiger charge is -2.25. The molecule has 0 unspecified atom stereocenters. The first-order valence-corrected chi connectivity index (χ1v) is 12.5. The van der Waals surface area contributed by atoms with Gasteiger partial charge < -0.3 is 4.74 Å². The maximum Gasteiger partial charge on any atom is 0.351 e. The standard InChI is InChI=1S/C26H20Cl2N4O4S/c1-4-5-11-36-23(34)22-21(15-9-7-6-8-10-15)31-24(37-22)26(2,3)20-17(27)12-16(13-18(20)28)32-25(35)30-19(33)14-29-32/h6-10,12-14H,11H2,1-3H3,(H,30,33,35). The number of hydrogen-bond donors (Lipinski definition) is 1. The van der Waals surface area contributed by atoms with E-state index >= 15 is 0 Å². The lowest BCUT2D eigenvalue weighted by atomic mass is 9.85. The molecular weight excluding hydrogens is 535 g/mol. The largest absolute Gasteiger partial charge is 0.448 e. The highest BCUT2D eigenvalue weighted by molar-refractivity contribution is 7.14. The Labute approximate surface area is 225 Å². The molecule has 0 bridgehead atoms. The summed E-state index contributed by atoms with van der Waals surface area (Å²) in [7, 11) is 0. The Morgan fingerprint density at radius 1 is 1.16 bits per heavy atom. The van der Waals surface area contributed by atoms with E-state index in [1.807, 2.05) is 44.2 Å². The zero-order valence-electron chi connectivity index (χ0n) is 20.0. The molecule has 0 saturated carbocycles. The van der Waals surface area contributed by atoms with E-state index in [-0.39, 0.29) is 22.3 Å². The number of carbonyl (C=O) groups is 1. The number of aromatic nitrogens is 4. The molecular formula is C26H20Cl2N4O4S. The van der Waals surface area contributed by atoms with Gasteiger partial charge in [0.2, 0.25) is 0 Å². The summed E-state index contributed by atoms with van der Waals surface area (Å²) in [5.41, 5.74) is -0.128. The molecule has 4 aromatic rings. The Bertz CT molecular complexity index is 1640. The van der Waals surface area contributed by atoms with Crippen molar-refractivity contribution in [2.75, 3.05) is 6.61 Å². The molecule has 0 atom stereocenters. The monoisotopic (exact) mass is 554 g/mol. The van der Waals surface area contributed by atoms with E-state index in [0.29, 0.717) is 21.1 Å². The maximum atomic E-state index is 12.9. The van der Waals surface area contributed by atoms with Crippen molar-refractivity contribution in [1.29, 1.82) is 0 Å². The molecule has 188 valence electrons. The van der Waals surface area contributed by atoms with E-state index in [4.69, 9.17) is 32.9 Å². The lowest BCUT2D eigenvalue weighted by molar-refractivity contribution is 0.0563. The Hall–Kier alpha value is -3.71. The average molecular weight is 555 g/mol. The minimum Gasteiger partial charge on any atom is -0.448 e. The Balaban J connectivity index is 1.82. The second kappa shape index (κ2) is 10.7. The SMILES string of the molecule is CC#CCOC(=O)c1sc(C(C)(C)c2c(Cl)cc(-n3ncc(=O)[nH]c3=O)cc2Cl)nc1-c1ccccc1. The van der Waals surface area contributed by atoms with Crippen molar-refractivity contribution in [2.45, 2.75) is 26.2 Å². The number of halogens is 2. The van der Waals surface area contributed by atoms with E-state index in [1.54, 1.807) is 6.92 Å². The van der Waals surface area contributed by atoms with Gasteiger partial charge in [0.1, 0.15) is 16.1 Å². The fraction of sp³-hybridized carbons (Fsp3) is 0.192. The highest BCUT2D eigenvalue weighted by atomic mass is 35.5. The van der Waals surface area contributed by atoms with Crippen LogP contribution in [0, 0.1) is 11.8 Å². The fourth-order valence-corrected chi connectivity index (χ4v) is 5.72. The zero-order valence-corrected chi connectivity index (χ0v) is 22.3. The molecule has 2 heterocycles. The number of nitrogens with zero attached hydrogens (tertiary/aromatic N) is 3. The van der Waals surface area contributed by atoms with Gasteiger partial charge in [-0.1, -0.05) is 59.5 Å². The van der Waals surface area contributed by atoms with Gasteiger partial charge >= 0.3 is 11.7 Å².